The average Bonchev–Trinajstić information content (AvgIpc) is 3.80. The van der Waals surface area contributed by atoms with E-state index in [1.807, 2.05) is 55.4 Å². The Labute approximate surface area is 456 Å². The zero-order valence-corrected chi connectivity index (χ0v) is 49.2. The second kappa shape index (κ2) is 32.1. The average molecular weight is 1160 g/mol. The molecular formula is C54H90BrF3O18. The number of ether oxygens (including phenoxy) is 8. The van der Waals surface area contributed by atoms with Gasteiger partial charge in [-0.3, -0.25) is 38.4 Å². The smallest absolute Gasteiger partial charge is 0.404 e. The first-order valence-electron chi connectivity index (χ1n) is 26.3. The van der Waals surface area contributed by atoms with Crippen LogP contribution in [0.2, 0.25) is 0 Å². The Morgan fingerprint density at radius 1 is 0.618 bits per heavy atom. The van der Waals surface area contributed by atoms with Crippen LogP contribution in [-0.4, -0.2) is 134 Å². The maximum absolute atomic E-state index is 13.8. The first kappa shape index (κ1) is 72.0. The number of carbonyl (C=O) groups is 8. The quantitative estimate of drug-likeness (QED) is 0.0263. The molecular weight excluding hydrogens is 1070 g/mol. The van der Waals surface area contributed by atoms with Crippen LogP contribution in [0.25, 0.3) is 0 Å². The number of hydrogen-bond donors (Lipinski definition) is 2. The molecule has 5 atom stereocenters. The highest BCUT2D eigenvalue weighted by molar-refractivity contribution is 9.09. The van der Waals surface area contributed by atoms with Crippen LogP contribution in [0.4, 0.5) is 13.2 Å². The van der Waals surface area contributed by atoms with Crippen LogP contribution in [0.3, 0.4) is 0 Å². The summed E-state index contributed by atoms with van der Waals surface area (Å²) < 4.78 is 84.5. The van der Waals surface area contributed by atoms with Crippen molar-refractivity contribution < 1.29 is 99.6 Å². The van der Waals surface area contributed by atoms with Gasteiger partial charge in [0.1, 0.15) is 37.6 Å². The van der Waals surface area contributed by atoms with Gasteiger partial charge < -0.3 is 48.1 Å². The molecule has 0 aliphatic heterocycles. The fraction of sp³-hybridized carbons (Fsp3) is 0.852. The Hall–Kier alpha value is -4.05. The predicted molar refractivity (Wildman–Crippen MR) is 277 cm³/mol. The molecule has 1 aliphatic carbocycles. The summed E-state index contributed by atoms with van der Waals surface area (Å²) in [6.45, 7) is 24.6. The van der Waals surface area contributed by atoms with Gasteiger partial charge in [0.15, 0.2) is 5.41 Å². The highest BCUT2D eigenvalue weighted by Gasteiger charge is 2.60. The van der Waals surface area contributed by atoms with Gasteiger partial charge in [-0.25, -0.2) is 0 Å². The van der Waals surface area contributed by atoms with Crippen molar-refractivity contribution in [2.75, 3.05) is 58.2 Å². The molecule has 0 heterocycles. The lowest BCUT2D eigenvalue weighted by atomic mass is 9.69. The molecule has 18 nitrogen and oxygen atoms in total. The molecule has 0 aromatic heterocycles. The first-order chi connectivity index (χ1) is 35.0. The lowest BCUT2D eigenvalue weighted by molar-refractivity contribution is -0.232. The number of rotatable bonds is 34. The Bertz CT molecular complexity index is 1870. The SMILES string of the molecule is CCOCCOC(=O)C(C)(CC(CC)C(=O)OC(C)(C)C(C)(C)C)CC(C)(C)C(=O)OCCOC(=O)CCC(=O)O.CCOCCOC(=O)C(CC(CC)(CBr)C(=O)OC1(CC)CCCC1)CC(C)(C(=O)O)C(F)(F)F. The first-order valence-corrected chi connectivity index (χ1v) is 27.5. The topological polar surface area (TPSA) is 251 Å². The summed E-state index contributed by atoms with van der Waals surface area (Å²) in [5.41, 5.74) is -8.67. The molecule has 22 heteroatoms. The monoisotopic (exact) mass is 1160 g/mol. The summed E-state index contributed by atoms with van der Waals surface area (Å²) >= 11 is 3.31. The lowest BCUT2D eigenvalue weighted by Gasteiger charge is -2.40. The van der Waals surface area contributed by atoms with E-state index < -0.39 is 105 Å². The molecule has 76 heavy (non-hydrogen) atoms. The van der Waals surface area contributed by atoms with E-state index >= 15 is 0 Å². The zero-order chi connectivity index (χ0) is 59.0. The van der Waals surface area contributed by atoms with Gasteiger partial charge in [0, 0.05) is 24.0 Å². The van der Waals surface area contributed by atoms with Gasteiger partial charge in [-0.15, -0.1) is 0 Å². The predicted octanol–water partition coefficient (Wildman–Crippen LogP) is 10.4. The third kappa shape index (κ3) is 22.7. The van der Waals surface area contributed by atoms with Crippen molar-refractivity contribution >= 4 is 63.7 Å². The zero-order valence-electron chi connectivity index (χ0n) is 47.6. The van der Waals surface area contributed by atoms with E-state index in [2.05, 4.69) is 15.9 Å². The van der Waals surface area contributed by atoms with Crippen LogP contribution >= 0.6 is 15.9 Å². The summed E-state index contributed by atoms with van der Waals surface area (Å²) in [5, 5.41) is 18.1. The van der Waals surface area contributed by atoms with Crippen LogP contribution in [-0.2, 0) is 76.3 Å². The van der Waals surface area contributed by atoms with E-state index in [0.29, 0.717) is 45.8 Å². The molecule has 0 radical (unpaired) electrons. The Kier molecular flexibility index (Phi) is 30.4. The molecule has 5 unspecified atom stereocenters. The van der Waals surface area contributed by atoms with Crippen molar-refractivity contribution in [3.8, 4) is 0 Å². The molecule has 0 amide bonds. The number of aliphatic carboxylic acids is 2. The minimum Gasteiger partial charge on any atom is -0.481 e. The minimum atomic E-state index is -5.12. The van der Waals surface area contributed by atoms with Gasteiger partial charge in [0.05, 0.1) is 54.1 Å². The molecule has 0 bridgehead atoms. The summed E-state index contributed by atoms with van der Waals surface area (Å²) in [6.07, 6.45) is -2.66. The Balaban J connectivity index is 0.00000150. The standard InChI is InChI=1S/C30H52O11.C24H38BrF3O7/c1-11-21(24(34)41-29(8,9)27(3,4)5)19-30(10,26(36)40-16-15-37-12-2)20-28(6,7)25(35)39-18-17-38-23(33)14-13-22(31)32;1-5-22(16-25,20(32)35-23(6-2)10-8-9-11-23)15-17(18(29)34-13-12-33-7-3)14-21(4,19(30)31)24(26,27)28/h21H,11-20H2,1-10H3,(H,31,32);17H,5-16H2,1-4H3,(H,30,31). The van der Waals surface area contributed by atoms with Crippen LogP contribution in [0.5, 0.6) is 0 Å². The van der Waals surface area contributed by atoms with Gasteiger partial charge >= 0.3 is 53.9 Å². The molecule has 0 aromatic rings. The molecule has 2 N–H and O–H groups in total. The third-order valence-corrected chi connectivity index (χ3v) is 15.7. The molecule has 1 fully saturated rings. The second-order valence-corrected chi connectivity index (χ2v) is 22.8. The number of carboxylic acids is 2. The van der Waals surface area contributed by atoms with Crippen LogP contribution in [0.15, 0.2) is 0 Å². The highest BCUT2D eigenvalue weighted by atomic mass is 79.9. The number of halogens is 4. The van der Waals surface area contributed by atoms with Crippen molar-refractivity contribution in [3.05, 3.63) is 0 Å². The fourth-order valence-corrected chi connectivity index (χ4v) is 9.25. The molecule has 1 rings (SSSR count). The van der Waals surface area contributed by atoms with E-state index in [1.165, 1.54) is 0 Å². The summed E-state index contributed by atoms with van der Waals surface area (Å²) in [6, 6.07) is 0. The summed E-state index contributed by atoms with van der Waals surface area (Å²) in [7, 11) is 0. The molecule has 0 spiro atoms. The maximum Gasteiger partial charge on any atom is 0.404 e. The van der Waals surface area contributed by atoms with Gasteiger partial charge in [-0.1, -0.05) is 57.5 Å². The Morgan fingerprint density at radius 3 is 1.58 bits per heavy atom. The van der Waals surface area contributed by atoms with Gasteiger partial charge in [-0.05, 0) is 126 Å². The van der Waals surface area contributed by atoms with Gasteiger partial charge in [0.25, 0.3) is 0 Å². The second-order valence-electron chi connectivity index (χ2n) is 22.2. The fourth-order valence-electron chi connectivity index (χ4n) is 8.40. The number of hydrogen-bond acceptors (Lipinski definition) is 16. The van der Waals surface area contributed by atoms with Crippen LogP contribution in [0, 0.1) is 38.9 Å². The molecule has 1 aliphatic rings. The van der Waals surface area contributed by atoms with Crippen LogP contribution in [0.1, 0.15) is 180 Å². The molecule has 0 saturated heterocycles. The van der Waals surface area contributed by atoms with E-state index in [-0.39, 0.29) is 88.9 Å². The van der Waals surface area contributed by atoms with E-state index in [9.17, 15) is 56.6 Å². The Morgan fingerprint density at radius 2 is 1.13 bits per heavy atom. The van der Waals surface area contributed by atoms with Crippen molar-refractivity contribution in [2.24, 2.45) is 38.9 Å². The molecule has 0 aromatic carbocycles. The molecule has 1 saturated carbocycles. The highest BCUT2D eigenvalue weighted by Crippen LogP contribution is 2.48. The lowest BCUT2D eigenvalue weighted by Crippen LogP contribution is -2.47. The van der Waals surface area contributed by atoms with E-state index in [4.69, 9.17) is 43.0 Å². The number of esters is 6. The summed E-state index contributed by atoms with van der Waals surface area (Å²) in [5.74, 6) is -9.28. The minimum absolute atomic E-state index is 0.0111. The van der Waals surface area contributed by atoms with Crippen molar-refractivity contribution in [3.63, 3.8) is 0 Å². The van der Waals surface area contributed by atoms with Crippen molar-refractivity contribution in [2.45, 2.75) is 198 Å². The number of alkyl halides is 4. The third-order valence-electron chi connectivity index (χ3n) is 14.6. The van der Waals surface area contributed by atoms with Crippen molar-refractivity contribution in [1.29, 1.82) is 0 Å². The summed E-state index contributed by atoms with van der Waals surface area (Å²) in [4.78, 5) is 99.9. The van der Waals surface area contributed by atoms with Crippen LogP contribution < -0.4 is 0 Å². The normalized spacial score (nSPS) is 16.9. The van der Waals surface area contributed by atoms with Gasteiger partial charge in [0.2, 0.25) is 0 Å². The number of carboxylic acid groups (broad SMARTS) is 2. The number of carbonyl (C=O) groups excluding carboxylic acids is 6. The maximum atomic E-state index is 13.8. The largest absolute Gasteiger partial charge is 0.481 e. The van der Waals surface area contributed by atoms with Gasteiger partial charge in [-0.2, -0.15) is 13.2 Å². The van der Waals surface area contributed by atoms with E-state index in [1.54, 1.807) is 34.6 Å². The molecule has 442 valence electrons. The van der Waals surface area contributed by atoms with E-state index in [0.717, 1.165) is 12.8 Å². The van der Waals surface area contributed by atoms with Crippen molar-refractivity contribution in [1.82, 2.24) is 0 Å².